The van der Waals surface area contributed by atoms with Crippen LogP contribution in [0.3, 0.4) is 0 Å². The Hall–Kier alpha value is -3.80. The second-order valence-corrected chi connectivity index (χ2v) is 6.63. The van der Waals surface area contributed by atoms with Crippen LogP contribution in [-0.4, -0.2) is 48.1 Å². The number of ether oxygens (including phenoxy) is 2. The molecule has 0 radical (unpaired) electrons. The number of carbonyl (C=O) groups is 2. The lowest BCUT2D eigenvalue weighted by molar-refractivity contribution is -0.384. The van der Waals surface area contributed by atoms with E-state index in [1.807, 2.05) is 4.90 Å². The van der Waals surface area contributed by atoms with Gasteiger partial charge in [-0.15, -0.1) is 6.42 Å². The molecule has 0 bridgehead atoms. The third-order valence-corrected chi connectivity index (χ3v) is 4.94. The van der Waals surface area contributed by atoms with Gasteiger partial charge in [-0.1, -0.05) is 18.1 Å². The molecule has 9 nitrogen and oxygen atoms in total. The first-order chi connectivity index (χ1) is 14.4. The van der Waals surface area contributed by atoms with Gasteiger partial charge in [0.1, 0.15) is 5.82 Å². The molecular weight excluding hydrogens is 390 g/mol. The molecule has 2 aliphatic heterocycles. The molecule has 2 aliphatic rings. The second-order valence-electron chi connectivity index (χ2n) is 6.63. The van der Waals surface area contributed by atoms with Crippen molar-refractivity contribution >= 4 is 17.6 Å². The summed E-state index contributed by atoms with van der Waals surface area (Å²) in [5.74, 6) is 0.562. The Morgan fingerprint density at radius 2 is 2.07 bits per heavy atom. The van der Waals surface area contributed by atoms with Gasteiger partial charge in [-0.05, 0) is 19.4 Å². The number of terminal acetylenes is 1. The van der Waals surface area contributed by atoms with Gasteiger partial charge in [-0.2, -0.15) is 0 Å². The number of allylic oxidation sites excluding steroid dienone is 1. The van der Waals surface area contributed by atoms with Crippen LogP contribution in [0.1, 0.15) is 25.3 Å². The highest BCUT2D eigenvalue weighted by molar-refractivity contribution is 6.00. The van der Waals surface area contributed by atoms with Gasteiger partial charge < -0.3 is 19.7 Å². The second kappa shape index (κ2) is 8.69. The van der Waals surface area contributed by atoms with E-state index in [0.717, 1.165) is 0 Å². The van der Waals surface area contributed by atoms with Gasteiger partial charge in [0.05, 0.1) is 28.6 Å². The molecular formula is C21H21N3O6. The molecule has 1 saturated heterocycles. The molecule has 1 aromatic rings. The van der Waals surface area contributed by atoms with Crippen molar-refractivity contribution in [1.29, 1.82) is 0 Å². The number of fused-ring (bicyclic) bond motifs is 1. The molecule has 2 heterocycles. The Bertz CT molecular complexity index is 1000. The number of non-ortho nitro benzene ring substituents is 1. The van der Waals surface area contributed by atoms with E-state index in [2.05, 4.69) is 11.2 Å². The Kier molecular flexibility index (Phi) is 6.06. The molecule has 0 aromatic heterocycles. The van der Waals surface area contributed by atoms with Crippen LogP contribution in [0, 0.1) is 22.5 Å². The lowest BCUT2D eigenvalue weighted by Gasteiger charge is -2.34. The van der Waals surface area contributed by atoms with Crippen LogP contribution in [0.25, 0.3) is 0 Å². The molecule has 0 spiro atoms. The summed E-state index contributed by atoms with van der Waals surface area (Å²) in [7, 11) is 0. The minimum Gasteiger partial charge on any atom is -0.463 e. The predicted molar refractivity (Wildman–Crippen MR) is 107 cm³/mol. The number of hydrogen-bond donors (Lipinski definition) is 1. The number of nitro groups is 1. The monoisotopic (exact) mass is 411 g/mol. The van der Waals surface area contributed by atoms with E-state index in [9.17, 15) is 19.7 Å². The molecule has 1 fully saturated rings. The van der Waals surface area contributed by atoms with Gasteiger partial charge in [0.15, 0.2) is 6.61 Å². The molecule has 1 N–H and O–H groups in total. The van der Waals surface area contributed by atoms with E-state index in [1.165, 1.54) is 18.2 Å². The zero-order chi connectivity index (χ0) is 21.8. The fourth-order valence-corrected chi connectivity index (χ4v) is 3.73. The number of hydrogen-bond acceptors (Lipinski definition) is 8. The quantitative estimate of drug-likeness (QED) is 0.327. The van der Waals surface area contributed by atoms with Gasteiger partial charge in [-0.3, -0.25) is 10.1 Å². The van der Waals surface area contributed by atoms with Gasteiger partial charge in [-0.25, -0.2) is 9.59 Å². The molecule has 1 aromatic carbocycles. The number of esters is 2. The summed E-state index contributed by atoms with van der Waals surface area (Å²) in [6.07, 6.45) is 5.22. The standard InChI is InChI=1S/C21H21N3O6/c1-4-11-30-20(25)16-13(3)23-10-9-22-19(23)18(21(26)29-5-2)17(16)14-7-6-8-15(12-14)24(27)28/h1,6-8,12,17,22H,5,9-11H2,2-3H3. The Labute approximate surface area is 173 Å². The molecule has 0 amide bonds. The maximum absolute atomic E-state index is 13.0. The Balaban J connectivity index is 2.23. The first-order valence-electron chi connectivity index (χ1n) is 9.39. The van der Waals surface area contributed by atoms with Gasteiger partial charge in [0.2, 0.25) is 0 Å². The number of rotatable bonds is 6. The maximum atomic E-state index is 13.0. The van der Waals surface area contributed by atoms with Gasteiger partial charge in [0, 0.05) is 30.9 Å². The van der Waals surface area contributed by atoms with E-state index in [-0.39, 0.29) is 30.0 Å². The predicted octanol–water partition coefficient (Wildman–Crippen LogP) is 1.82. The van der Waals surface area contributed by atoms with Crippen LogP contribution >= 0.6 is 0 Å². The highest BCUT2D eigenvalue weighted by Crippen LogP contribution is 2.43. The fraction of sp³-hybridized carbons (Fsp3) is 0.333. The van der Waals surface area contributed by atoms with Crippen molar-refractivity contribution in [3.63, 3.8) is 0 Å². The summed E-state index contributed by atoms with van der Waals surface area (Å²) >= 11 is 0. The highest BCUT2D eigenvalue weighted by atomic mass is 16.6. The first-order valence-corrected chi connectivity index (χ1v) is 9.39. The summed E-state index contributed by atoms with van der Waals surface area (Å²) < 4.78 is 10.4. The van der Waals surface area contributed by atoms with E-state index >= 15 is 0 Å². The molecule has 30 heavy (non-hydrogen) atoms. The largest absolute Gasteiger partial charge is 0.463 e. The van der Waals surface area contributed by atoms with Crippen LogP contribution < -0.4 is 5.32 Å². The summed E-state index contributed by atoms with van der Waals surface area (Å²) in [6.45, 7) is 4.42. The summed E-state index contributed by atoms with van der Waals surface area (Å²) in [5.41, 5.74) is 1.23. The molecule has 3 rings (SSSR count). The Morgan fingerprint density at radius 3 is 2.73 bits per heavy atom. The smallest absolute Gasteiger partial charge is 0.338 e. The van der Waals surface area contributed by atoms with Crippen molar-refractivity contribution in [3.05, 3.63) is 62.6 Å². The molecule has 156 valence electrons. The van der Waals surface area contributed by atoms with Crippen molar-refractivity contribution in [3.8, 4) is 12.3 Å². The van der Waals surface area contributed by atoms with Crippen molar-refractivity contribution < 1.29 is 24.0 Å². The third kappa shape index (κ3) is 3.72. The molecule has 1 unspecified atom stereocenters. The topological polar surface area (TPSA) is 111 Å². The lowest BCUT2D eigenvalue weighted by atomic mass is 9.80. The normalized spacial score (nSPS) is 17.8. The summed E-state index contributed by atoms with van der Waals surface area (Å²) in [4.78, 5) is 38.5. The number of benzene rings is 1. The number of nitrogens with one attached hydrogen (secondary N) is 1. The zero-order valence-electron chi connectivity index (χ0n) is 16.6. The van der Waals surface area contributed by atoms with E-state index < -0.39 is 22.8 Å². The van der Waals surface area contributed by atoms with Gasteiger partial charge >= 0.3 is 11.9 Å². The number of nitro benzene ring substituents is 1. The number of carbonyl (C=O) groups excluding carboxylic acids is 2. The minimum atomic E-state index is -0.911. The van der Waals surface area contributed by atoms with E-state index in [4.69, 9.17) is 15.9 Å². The average molecular weight is 411 g/mol. The summed E-state index contributed by atoms with van der Waals surface area (Å²) in [5, 5.41) is 14.5. The van der Waals surface area contributed by atoms with Crippen molar-refractivity contribution in [2.75, 3.05) is 26.3 Å². The highest BCUT2D eigenvalue weighted by Gasteiger charge is 2.43. The molecule has 0 saturated carbocycles. The fourth-order valence-electron chi connectivity index (χ4n) is 3.73. The van der Waals surface area contributed by atoms with Crippen LogP contribution in [0.2, 0.25) is 0 Å². The SMILES string of the molecule is C#CCOC(=O)C1=C(C)N2CCNC2=C(C(=O)OCC)C1c1cccc([N+](=O)[O-])c1. The average Bonchev–Trinajstić information content (AvgIpc) is 3.22. The minimum absolute atomic E-state index is 0.136. The third-order valence-electron chi connectivity index (χ3n) is 4.94. The van der Waals surface area contributed by atoms with E-state index in [1.54, 1.807) is 19.9 Å². The first kappa shape index (κ1) is 20.9. The van der Waals surface area contributed by atoms with Crippen LogP contribution in [0.5, 0.6) is 0 Å². The van der Waals surface area contributed by atoms with Crippen molar-refractivity contribution in [2.24, 2.45) is 0 Å². The van der Waals surface area contributed by atoms with Crippen LogP contribution in [-0.2, 0) is 19.1 Å². The van der Waals surface area contributed by atoms with Crippen molar-refractivity contribution in [2.45, 2.75) is 19.8 Å². The van der Waals surface area contributed by atoms with Gasteiger partial charge in [0.25, 0.3) is 5.69 Å². The Morgan fingerprint density at radius 1 is 1.33 bits per heavy atom. The zero-order valence-corrected chi connectivity index (χ0v) is 16.6. The molecule has 1 atom stereocenters. The van der Waals surface area contributed by atoms with Crippen LogP contribution in [0.15, 0.2) is 46.9 Å². The van der Waals surface area contributed by atoms with E-state index in [0.29, 0.717) is 30.2 Å². The lowest BCUT2D eigenvalue weighted by Crippen LogP contribution is -2.35. The summed E-state index contributed by atoms with van der Waals surface area (Å²) in [6, 6.07) is 5.83. The molecule has 0 aliphatic carbocycles. The molecule has 9 heteroatoms. The van der Waals surface area contributed by atoms with Crippen LogP contribution in [0.4, 0.5) is 5.69 Å². The van der Waals surface area contributed by atoms with Crippen molar-refractivity contribution in [1.82, 2.24) is 10.2 Å². The number of nitrogens with zero attached hydrogens (tertiary/aromatic N) is 2. The maximum Gasteiger partial charge on any atom is 0.338 e.